The molecule has 0 amide bonds. The van der Waals surface area contributed by atoms with Gasteiger partial charge in [-0.25, -0.2) is 14.9 Å². The predicted octanol–water partition coefficient (Wildman–Crippen LogP) is -1.02. The first-order valence-electron chi connectivity index (χ1n) is 6.55. The number of aliphatic hydroxyl groups is 2. The number of nitrogens with zero attached hydrogens (tertiary/aromatic N) is 4. The molecule has 1 aliphatic rings. The maximum atomic E-state index is 10.0. The summed E-state index contributed by atoms with van der Waals surface area (Å²) in [5.74, 6) is -1.08. The van der Waals surface area contributed by atoms with Crippen molar-refractivity contribution in [2.24, 2.45) is 5.73 Å². The molecular formula is C12H21N5O2. The molecule has 0 bridgehead atoms. The Morgan fingerprint density at radius 2 is 1.79 bits per heavy atom. The normalized spacial score (nSPS) is 17.7. The van der Waals surface area contributed by atoms with Crippen molar-refractivity contribution in [2.45, 2.75) is 18.8 Å². The highest BCUT2D eigenvalue weighted by Gasteiger charge is 2.33. The van der Waals surface area contributed by atoms with Crippen LogP contribution in [0.2, 0.25) is 0 Å². The largest absolute Gasteiger partial charge is 0.353 e. The van der Waals surface area contributed by atoms with Crippen molar-refractivity contribution in [3.63, 3.8) is 0 Å². The van der Waals surface area contributed by atoms with Gasteiger partial charge in [-0.15, -0.1) is 0 Å². The van der Waals surface area contributed by atoms with Gasteiger partial charge in [-0.05, 0) is 19.0 Å². The molecule has 7 nitrogen and oxygen atoms in total. The van der Waals surface area contributed by atoms with Crippen LogP contribution < -0.4 is 10.6 Å². The lowest BCUT2D eigenvalue weighted by atomic mass is 10.2. The predicted molar refractivity (Wildman–Crippen MR) is 71.3 cm³/mol. The van der Waals surface area contributed by atoms with E-state index in [2.05, 4.69) is 9.97 Å². The van der Waals surface area contributed by atoms with Crippen LogP contribution in [0.25, 0.3) is 0 Å². The summed E-state index contributed by atoms with van der Waals surface area (Å²) < 4.78 is 0. The summed E-state index contributed by atoms with van der Waals surface area (Å²) in [5.41, 5.74) is 5.40. The first-order valence-corrected chi connectivity index (χ1v) is 6.55. The number of rotatable bonds is 5. The van der Waals surface area contributed by atoms with Crippen molar-refractivity contribution in [1.29, 1.82) is 0 Å². The average molecular weight is 267 g/mol. The third-order valence-corrected chi connectivity index (χ3v) is 3.34. The molecule has 0 saturated carbocycles. The van der Waals surface area contributed by atoms with E-state index in [9.17, 15) is 10.2 Å². The van der Waals surface area contributed by atoms with Crippen molar-refractivity contribution < 1.29 is 10.2 Å². The molecule has 2 heterocycles. The molecule has 0 unspecified atom stereocenters. The second-order valence-corrected chi connectivity index (χ2v) is 4.69. The molecule has 1 aromatic heterocycles. The molecule has 0 radical (unpaired) electrons. The van der Waals surface area contributed by atoms with E-state index in [0.29, 0.717) is 45.1 Å². The van der Waals surface area contributed by atoms with Crippen LogP contribution >= 0.6 is 0 Å². The van der Waals surface area contributed by atoms with Crippen molar-refractivity contribution in [2.75, 3.05) is 37.6 Å². The van der Waals surface area contributed by atoms with E-state index in [4.69, 9.17) is 5.73 Å². The fourth-order valence-corrected chi connectivity index (χ4v) is 2.22. The Bertz CT molecular complexity index is 379. The first kappa shape index (κ1) is 14.1. The zero-order chi connectivity index (χ0) is 13.7. The molecule has 1 fully saturated rings. The van der Waals surface area contributed by atoms with Crippen LogP contribution in [-0.4, -0.2) is 63.7 Å². The molecule has 1 aromatic rings. The van der Waals surface area contributed by atoms with Gasteiger partial charge in [-0.1, -0.05) is 0 Å². The number of hydrogen-bond acceptors (Lipinski definition) is 7. The minimum atomic E-state index is -1.76. The number of aromatic nitrogens is 2. The number of piperazine rings is 1. The Labute approximate surface area is 112 Å². The van der Waals surface area contributed by atoms with E-state index < -0.39 is 5.91 Å². The van der Waals surface area contributed by atoms with Crippen LogP contribution in [0, 0.1) is 0 Å². The smallest absolute Gasteiger partial charge is 0.225 e. The molecule has 7 heteroatoms. The molecule has 1 aliphatic heterocycles. The van der Waals surface area contributed by atoms with E-state index in [-0.39, 0.29) is 6.42 Å². The van der Waals surface area contributed by atoms with Crippen LogP contribution in [-0.2, 0) is 0 Å². The zero-order valence-electron chi connectivity index (χ0n) is 10.9. The summed E-state index contributed by atoms with van der Waals surface area (Å²) >= 11 is 0. The van der Waals surface area contributed by atoms with Crippen molar-refractivity contribution in [3.05, 3.63) is 18.5 Å². The third-order valence-electron chi connectivity index (χ3n) is 3.34. The van der Waals surface area contributed by atoms with Crippen LogP contribution in [0.4, 0.5) is 5.95 Å². The highest BCUT2D eigenvalue weighted by molar-refractivity contribution is 5.29. The van der Waals surface area contributed by atoms with Gasteiger partial charge in [0.15, 0.2) is 0 Å². The highest BCUT2D eigenvalue weighted by atomic mass is 16.5. The summed E-state index contributed by atoms with van der Waals surface area (Å²) in [6, 6.07) is 1.78. The quantitative estimate of drug-likeness (QED) is 0.587. The Morgan fingerprint density at radius 1 is 1.16 bits per heavy atom. The summed E-state index contributed by atoms with van der Waals surface area (Å²) in [5, 5.41) is 20.0. The van der Waals surface area contributed by atoms with E-state index >= 15 is 0 Å². The van der Waals surface area contributed by atoms with E-state index in [1.807, 2.05) is 4.90 Å². The average Bonchev–Trinajstić information content (AvgIpc) is 2.46. The van der Waals surface area contributed by atoms with Crippen LogP contribution in [0.15, 0.2) is 18.5 Å². The Hall–Kier alpha value is -1.28. The van der Waals surface area contributed by atoms with Crippen LogP contribution in [0.5, 0.6) is 0 Å². The third kappa shape index (κ3) is 3.60. The van der Waals surface area contributed by atoms with Gasteiger partial charge in [0.1, 0.15) is 0 Å². The lowest BCUT2D eigenvalue weighted by Gasteiger charge is -2.41. The Balaban J connectivity index is 1.88. The molecule has 0 spiro atoms. The minimum absolute atomic E-state index is 0.269. The molecule has 0 atom stereocenters. The van der Waals surface area contributed by atoms with Gasteiger partial charge in [0.2, 0.25) is 11.9 Å². The van der Waals surface area contributed by atoms with E-state index in [1.165, 1.54) is 0 Å². The molecule has 2 rings (SSSR count). The molecule has 0 aromatic carbocycles. The van der Waals surface area contributed by atoms with Crippen molar-refractivity contribution >= 4 is 5.95 Å². The van der Waals surface area contributed by atoms with Crippen LogP contribution in [0.1, 0.15) is 12.8 Å². The minimum Gasteiger partial charge on any atom is -0.353 e. The Morgan fingerprint density at radius 3 is 2.37 bits per heavy atom. The fourth-order valence-electron chi connectivity index (χ4n) is 2.22. The summed E-state index contributed by atoms with van der Waals surface area (Å²) in [6.07, 6.45) is 4.27. The lowest BCUT2D eigenvalue weighted by molar-refractivity contribution is -0.268. The van der Waals surface area contributed by atoms with Gasteiger partial charge >= 0.3 is 0 Å². The first-order chi connectivity index (χ1) is 9.13. The van der Waals surface area contributed by atoms with E-state index in [0.717, 1.165) is 0 Å². The highest BCUT2D eigenvalue weighted by Crippen LogP contribution is 2.19. The van der Waals surface area contributed by atoms with Gasteiger partial charge < -0.3 is 20.8 Å². The molecule has 0 aliphatic carbocycles. The second kappa shape index (κ2) is 6.25. The molecular weight excluding hydrogens is 246 g/mol. The topological polar surface area (TPSA) is 98.7 Å². The number of hydrogen-bond donors (Lipinski definition) is 3. The molecule has 19 heavy (non-hydrogen) atoms. The maximum absolute atomic E-state index is 10.0. The molecule has 1 saturated heterocycles. The molecule has 4 N–H and O–H groups in total. The number of anilines is 1. The number of nitrogens with two attached hydrogens (primary N) is 1. The van der Waals surface area contributed by atoms with Crippen molar-refractivity contribution in [1.82, 2.24) is 14.9 Å². The maximum Gasteiger partial charge on any atom is 0.225 e. The summed E-state index contributed by atoms with van der Waals surface area (Å²) in [4.78, 5) is 12.1. The lowest BCUT2D eigenvalue weighted by Crippen LogP contribution is -2.57. The van der Waals surface area contributed by atoms with Gasteiger partial charge in [-0.3, -0.25) is 0 Å². The van der Waals surface area contributed by atoms with Crippen LogP contribution in [0.3, 0.4) is 0 Å². The zero-order valence-corrected chi connectivity index (χ0v) is 10.9. The van der Waals surface area contributed by atoms with Gasteiger partial charge in [0.05, 0.1) is 0 Å². The van der Waals surface area contributed by atoms with Gasteiger partial charge in [0, 0.05) is 45.0 Å². The van der Waals surface area contributed by atoms with Gasteiger partial charge in [0.25, 0.3) is 0 Å². The SMILES string of the molecule is NCCCC(O)(O)N1CCN(c2ncccn2)CC1. The summed E-state index contributed by atoms with van der Waals surface area (Å²) in [6.45, 7) is 2.94. The van der Waals surface area contributed by atoms with E-state index in [1.54, 1.807) is 23.4 Å². The monoisotopic (exact) mass is 267 g/mol. The Kier molecular flexibility index (Phi) is 4.65. The fraction of sp³-hybridized carbons (Fsp3) is 0.667. The second-order valence-electron chi connectivity index (χ2n) is 4.69. The van der Waals surface area contributed by atoms with Gasteiger partial charge in [-0.2, -0.15) is 0 Å². The summed E-state index contributed by atoms with van der Waals surface area (Å²) in [7, 11) is 0. The standard InChI is InChI=1S/C12H21N5O2/c13-4-1-3-12(18,19)17-9-7-16(8-10-17)11-14-5-2-6-15-11/h2,5-6,18-19H,1,3-4,7-10,13H2. The van der Waals surface area contributed by atoms with Crippen molar-refractivity contribution in [3.8, 4) is 0 Å². The molecule has 106 valence electrons.